The maximum absolute atomic E-state index is 14.2. The molecule has 3 aromatic rings. The van der Waals surface area contributed by atoms with E-state index in [1.165, 1.54) is 23.1 Å². The first kappa shape index (κ1) is 31.4. The van der Waals surface area contributed by atoms with E-state index in [1.807, 2.05) is 12.1 Å². The van der Waals surface area contributed by atoms with Crippen LogP contribution in [0.2, 0.25) is 5.02 Å². The fraction of sp³-hybridized carbons (Fsp3) is 0.375. The van der Waals surface area contributed by atoms with Crippen LogP contribution in [0.4, 0.5) is 5.69 Å². The highest BCUT2D eigenvalue weighted by molar-refractivity contribution is 7.92. The fourth-order valence-corrected chi connectivity index (χ4v) is 6.86. The number of sulfonamides is 1. The number of carbonyl (C=O) groups is 2. The molecule has 0 aromatic heterocycles. The molecule has 1 aliphatic rings. The van der Waals surface area contributed by atoms with Crippen LogP contribution in [-0.2, 0) is 26.2 Å². The summed E-state index contributed by atoms with van der Waals surface area (Å²) in [6.07, 6.45) is 5.06. The minimum atomic E-state index is -4.17. The maximum Gasteiger partial charge on any atom is 0.264 e. The van der Waals surface area contributed by atoms with Gasteiger partial charge in [0.2, 0.25) is 11.8 Å². The second-order valence-electron chi connectivity index (χ2n) is 10.6. The number of methoxy groups -OCH3 is 1. The van der Waals surface area contributed by atoms with Gasteiger partial charge in [-0.05, 0) is 74.2 Å². The summed E-state index contributed by atoms with van der Waals surface area (Å²) < 4.78 is 34.4. The molecule has 42 heavy (non-hydrogen) atoms. The molecule has 3 aromatic carbocycles. The molecule has 0 bridgehead atoms. The fourth-order valence-electron chi connectivity index (χ4n) is 5.20. The van der Waals surface area contributed by atoms with E-state index in [0.717, 1.165) is 42.0 Å². The van der Waals surface area contributed by atoms with Crippen LogP contribution in [0.3, 0.4) is 0 Å². The Labute approximate surface area is 253 Å². The van der Waals surface area contributed by atoms with E-state index in [2.05, 4.69) is 5.32 Å². The van der Waals surface area contributed by atoms with Gasteiger partial charge < -0.3 is 15.0 Å². The van der Waals surface area contributed by atoms with Crippen molar-refractivity contribution in [3.05, 3.63) is 88.9 Å². The minimum Gasteiger partial charge on any atom is -0.497 e. The highest BCUT2D eigenvalue weighted by Gasteiger charge is 2.34. The molecule has 2 amide bonds. The number of nitrogens with zero attached hydrogens (tertiary/aromatic N) is 2. The van der Waals surface area contributed by atoms with E-state index in [-0.39, 0.29) is 23.4 Å². The quantitative estimate of drug-likeness (QED) is 0.299. The Hall–Kier alpha value is -3.56. The van der Waals surface area contributed by atoms with Crippen LogP contribution in [0.1, 0.15) is 50.2 Å². The maximum atomic E-state index is 14.2. The van der Waals surface area contributed by atoms with Crippen molar-refractivity contribution in [3.8, 4) is 5.75 Å². The third kappa shape index (κ3) is 7.63. The molecule has 1 saturated carbocycles. The number of aryl methyl sites for hydroxylation is 1. The van der Waals surface area contributed by atoms with E-state index >= 15 is 0 Å². The number of anilines is 1. The number of nitrogens with one attached hydrogen (secondary N) is 1. The molecule has 0 spiro atoms. The van der Waals surface area contributed by atoms with Gasteiger partial charge in [-0.1, -0.05) is 67.3 Å². The SMILES string of the molecule is COc1cccc(CN(C(=O)CN(c2cc(Cl)ccc2C)S(=O)(=O)c2ccccc2)[C@H](C)C(=O)NC2CCCCC2)c1. The molecule has 10 heteroatoms. The largest absolute Gasteiger partial charge is 0.497 e. The van der Waals surface area contributed by atoms with Crippen molar-refractivity contribution in [2.75, 3.05) is 18.0 Å². The lowest BCUT2D eigenvalue weighted by molar-refractivity contribution is -0.139. The van der Waals surface area contributed by atoms with Crippen molar-refractivity contribution in [2.45, 2.75) is 69.5 Å². The van der Waals surface area contributed by atoms with Crippen LogP contribution in [0.15, 0.2) is 77.7 Å². The lowest BCUT2D eigenvalue weighted by Gasteiger charge is -2.33. The predicted molar refractivity (Wildman–Crippen MR) is 165 cm³/mol. The third-order valence-electron chi connectivity index (χ3n) is 7.66. The molecule has 4 rings (SSSR count). The average molecular weight is 612 g/mol. The molecule has 224 valence electrons. The highest BCUT2D eigenvalue weighted by Crippen LogP contribution is 2.30. The zero-order valence-corrected chi connectivity index (χ0v) is 25.8. The number of carbonyl (C=O) groups excluding carboxylic acids is 2. The Kier molecular flexibility index (Phi) is 10.5. The zero-order valence-electron chi connectivity index (χ0n) is 24.3. The van der Waals surface area contributed by atoms with E-state index < -0.39 is 28.5 Å². The van der Waals surface area contributed by atoms with Crippen LogP contribution < -0.4 is 14.4 Å². The van der Waals surface area contributed by atoms with Crippen LogP contribution in [0, 0.1) is 6.92 Å². The number of halogens is 1. The molecule has 8 nitrogen and oxygen atoms in total. The molecular formula is C32H38ClN3O5S. The molecular weight excluding hydrogens is 574 g/mol. The second kappa shape index (κ2) is 14.1. The Morgan fingerprint density at radius 3 is 2.40 bits per heavy atom. The summed E-state index contributed by atoms with van der Waals surface area (Å²) in [4.78, 5) is 29.1. The second-order valence-corrected chi connectivity index (χ2v) is 12.9. The number of benzene rings is 3. The summed E-state index contributed by atoms with van der Waals surface area (Å²) in [5.41, 5.74) is 1.67. The summed E-state index contributed by atoms with van der Waals surface area (Å²) in [5.74, 6) is -0.181. The van der Waals surface area contributed by atoms with Gasteiger partial charge in [-0.15, -0.1) is 0 Å². The monoisotopic (exact) mass is 611 g/mol. The van der Waals surface area contributed by atoms with Gasteiger partial charge in [0, 0.05) is 17.6 Å². The smallest absolute Gasteiger partial charge is 0.264 e. The van der Waals surface area contributed by atoms with Gasteiger partial charge >= 0.3 is 0 Å². The van der Waals surface area contributed by atoms with Crippen molar-refractivity contribution in [1.29, 1.82) is 0 Å². The summed E-state index contributed by atoms with van der Waals surface area (Å²) in [7, 11) is -2.61. The van der Waals surface area contributed by atoms with Crippen LogP contribution in [-0.4, -0.2) is 50.9 Å². The number of amides is 2. The van der Waals surface area contributed by atoms with Crippen molar-refractivity contribution in [3.63, 3.8) is 0 Å². The molecule has 1 atom stereocenters. The zero-order chi connectivity index (χ0) is 30.3. The van der Waals surface area contributed by atoms with Crippen molar-refractivity contribution >= 4 is 39.1 Å². The summed E-state index contributed by atoms with van der Waals surface area (Å²) in [6.45, 7) is 3.00. The van der Waals surface area contributed by atoms with Gasteiger partial charge in [0.25, 0.3) is 10.0 Å². The van der Waals surface area contributed by atoms with Crippen LogP contribution >= 0.6 is 11.6 Å². The molecule has 0 saturated heterocycles. The summed E-state index contributed by atoms with van der Waals surface area (Å²) >= 11 is 6.29. The summed E-state index contributed by atoms with van der Waals surface area (Å²) in [5, 5.41) is 3.45. The molecule has 1 aliphatic carbocycles. The topological polar surface area (TPSA) is 96.0 Å². The van der Waals surface area contributed by atoms with Gasteiger partial charge in [0.05, 0.1) is 17.7 Å². The van der Waals surface area contributed by atoms with Crippen molar-refractivity contribution < 1.29 is 22.7 Å². The molecule has 0 radical (unpaired) electrons. The normalized spacial score (nSPS) is 14.6. The Bertz CT molecular complexity index is 1490. The van der Waals surface area contributed by atoms with Gasteiger partial charge in [-0.3, -0.25) is 13.9 Å². The third-order valence-corrected chi connectivity index (χ3v) is 9.66. The van der Waals surface area contributed by atoms with Gasteiger partial charge in [-0.25, -0.2) is 8.42 Å². The first-order valence-electron chi connectivity index (χ1n) is 14.2. The molecule has 0 unspecified atom stereocenters. The standard InChI is InChI=1S/C32H38ClN3O5S/c1-23-17-18-26(33)20-30(23)36(42(39,40)29-15-8-5-9-16-29)22-31(37)35(21-25-11-10-14-28(19-25)41-3)24(2)32(38)34-27-12-6-4-7-13-27/h5,8-11,14-20,24,27H,4,6-7,12-13,21-22H2,1-3H3,(H,34,38)/t24-/m1/s1. The van der Waals surface area contributed by atoms with E-state index in [1.54, 1.807) is 63.4 Å². The van der Waals surface area contributed by atoms with E-state index in [4.69, 9.17) is 16.3 Å². The lowest BCUT2D eigenvalue weighted by atomic mass is 9.95. The minimum absolute atomic E-state index is 0.0413. The van der Waals surface area contributed by atoms with Gasteiger partial charge in [0.15, 0.2) is 0 Å². The first-order valence-corrected chi connectivity index (χ1v) is 16.0. The summed E-state index contributed by atoms with van der Waals surface area (Å²) in [6, 6.07) is 19.3. The number of hydrogen-bond acceptors (Lipinski definition) is 5. The number of hydrogen-bond donors (Lipinski definition) is 1. The first-order chi connectivity index (χ1) is 20.1. The molecule has 0 aliphatic heterocycles. The Morgan fingerprint density at radius 2 is 1.71 bits per heavy atom. The van der Waals surface area contributed by atoms with Gasteiger partial charge in [-0.2, -0.15) is 0 Å². The molecule has 0 heterocycles. The highest BCUT2D eigenvalue weighted by atomic mass is 35.5. The Morgan fingerprint density at radius 1 is 1.00 bits per heavy atom. The lowest BCUT2D eigenvalue weighted by Crippen LogP contribution is -2.53. The van der Waals surface area contributed by atoms with E-state index in [9.17, 15) is 18.0 Å². The number of rotatable bonds is 11. The van der Waals surface area contributed by atoms with Crippen LogP contribution in [0.5, 0.6) is 5.75 Å². The van der Waals surface area contributed by atoms with E-state index in [0.29, 0.717) is 22.0 Å². The average Bonchev–Trinajstić information content (AvgIpc) is 3.00. The van der Waals surface area contributed by atoms with Crippen molar-refractivity contribution in [2.24, 2.45) is 0 Å². The van der Waals surface area contributed by atoms with Crippen LogP contribution in [0.25, 0.3) is 0 Å². The Balaban J connectivity index is 1.71. The van der Waals surface area contributed by atoms with Gasteiger partial charge in [0.1, 0.15) is 18.3 Å². The van der Waals surface area contributed by atoms with Crippen molar-refractivity contribution in [1.82, 2.24) is 10.2 Å². The predicted octanol–water partition coefficient (Wildman–Crippen LogP) is 5.72. The molecule has 1 N–H and O–H groups in total. The number of ether oxygens (including phenoxy) is 1. The molecule has 1 fully saturated rings.